The lowest BCUT2D eigenvalue weighted by atomic mass is 10.0. The van der Waals surface area contributed by atoms with Gasteiger partial charge in [-0.25, -0.2) is 4.39 Å². The summed E-state index contributed by atoms with van der Waals surface area (Å²) < 4.78 is 20.5. The fraction of sp³-hybridized carbons (Fsp3) is 0.625. The number of rotatable bonds is 9. The second kappa shape index (κ2) is 9.70. The summed E-state index contributed by atoms with van der Waals surface area (Å²) in [5.41, 5.74) is 0.683. The van der Waals surface area contributed by atoms with E-state index < -0.39 is 0 Å². The van der Waals surface area contributed by atoms with Gasteiger partial charge in [0.15, 0.2) is 0 Å². The van der Waals surface area contributed by atoms with Crippen LogP contribution < -0.4 is 0 Å². The van der Waals surface area contributed by atoms with Crippen LogP contribution in [0.3, 0.4) is 0 Å². The van der Waals surface area contributed by atoms with Crippen molar-refractivity contribution < 1.29 is 9.13 Å². The molecule has 1 rings (SSSR count). The Kier molecular flexibility index (Phi) is 8.62. The third kappa shape index (κ3) is 5.78. The minimum Gasteiger partial charge on any atom is -0.372 e. The Labute approximate surface area is 130 Å². The number of hydrogen-bond acceptors (Lipinski definition) is 1. The van der Waals surface area contributed by atoms with E-state index in [-0.39, 0.29) is 11.9 Å². The van der Waals surface area contributed by atoms with Gasteiger partial charge in [0, 0.05) is 9.99 Å². The van der Waals surface area contributed by atoms with E-state index in [2.05, 4.69) is 36.4 Å². The standard InChI is InChI=1S/C16H24FIO/c1-3-5-8-13(4-2)12-19-16(11-18)14-9-6-7-10-15(14)17/h6-7,9-10,13,16H,3-5,8,11-12H2,1-2H3. The van der Waals surface area contributed by atoms with Crippen molar-refractivity contribution in [2.45, 2.75) is 45.6 Å². The highest BCUT2D eigenvalue weighted by Crippen LogP contribution is 2.25. The van der Waals surface area contributed by atoms with Crippen LogP contribution in [0.4, 0.5) is 4.39 Å². The molecule has 2 atom stereocenters. The summed E-state index contributed by atoms with van der Waals surface area (Å²) >= 11 is 2.27. The molecule has 108 valence electrons. The van der Waals surface area contributed by atoms with E-state index in [0.29, 0.717) is 11.5 Å². The van der Waals surface area contributed by atoms with Gasteiger partial charge in [-0.15, -0.1) is 0 Å². The molecule has 0 aliphatic carbocycles. The molecular formula is C16H24FIO. The van der Waals surface area contributed by atoms with Crippen LogP contribution in [0.1, 0.15) is 51.2 Å². The van der Waals surface area contributed by atoms with E-state index in [0.717, 1.165) is 17.5 Å². The molecule has 0 bridgehead atoms. The highest BCUT2D eigenvalue weighted by molar-refractivity contribution is 14.1. The van der Waals surface area contributed by atoms with Gasteiger partial charge in [0.2, 0.25) is 0 Å². The molecule has 0 aliphatic rings. The molecule has 0 amide bonds. The van der Waals surface area contributed by atoms with Gasteiger partial charge in [0.05, 0.1) is 12.7 Å². The van der Waals surface area contributed by atoms with Gasteiger partial charge in [0.25, 0.3) is 0 Å². The molecule has 2 unspecified atom stereocenters. The van der Waals surface area contributed by atoms with Crippen LogP contribution in [0.5, 0.6) is 0 Å². The summed E-state index contributed by atoms with van der Waals surface area (Å²) in [4.78, 5) is 0. The van der Waals surface area contributed by atoms with Gasteiger partial charge in [-0.05, 0) is 18.4 Å². The third-order valence-electron chi connectivity index (χ3n) is 3.47. The lowest BCUT2D eigenvalue weighted by Crippen LogP contribution is -2.15. The van der Waals surface area contributed by atoms with Gasteiger partial charge in [-0.3, -0.25) is 0 Å². The number of halogens is 2. The highest BCUT2D eigenvalue weighted by Gasteiger charge is 2.16. The zero-order chi connectivity index (χ0) is 14.1. The molecule has 0 radical (unpaired) electrons. The Morgan fingerprint density at radius 1 is 1.26 bits per heavy atom. The molecule has 0 spiro atoms. The van der Waals surface area contributed by atoms with Crippen LogP contribution in [0.25, 0.3) is 0 Å². The summed E-state index contributed by atoms with van der Waals surface area (Å²) in [6.07, 6.45) is 4.68. The number of benzene rings is 1. The van der Waals surface area contributed by atoms with E-state index >= 15 is 0 Å². The molecule has 0 aliphatic heterocycles. The normalized spacial score (nSPS) is 14.3. The first kappa shape index (κ1) is 16.9. The van der Waals surface area contributed by atoms with Crippen molar-refractivity contribution in [2.75, 3.05) is 11.0 Å². The van der Waals surface area contributed by atoms with Gasteiger partial charge in [0.1, 0.15) is 5.82 Å². The number of alkyl halides is 1. The van der Waals surface area contributed by atoms with Crippen molar-refractivity contribution in [1.29, 1.82) is 0 Å². The zero-order valence-corrected chi connectivity index (χ0v) is 14.0. The smallest absolute Gasteiger partial charge is 0.129 e. The predicted octanol–water partition coefficient (Wildman–Crippen LogP) is 5.53. The maximum atomic E-state index is 13.8. The van der Waals surface area contributed by atoms with Gasteiger partial charge in [-0.2, -0.15) is 0 Å². The number of unbranched alkanes of at least 4 members (excludes halogenated alkanes) is 1. The summed E-state index contributed by atoms with van der Waals surface area (Å²) in [6, 6.07) is 6.92. The van der Waals surface area contributed by atoms with E-state index in [1.54, 1.807) is 6.07 Å². The minimum atomic E-state index is -0.161. The number of ether oxygens (including phenoxy) is 1. The average molecular weight is 378 g/mol. The van der Waals surface area contributed by atoms with Crippen LogP contribution >= 0.6 is 22.6 Å². The maximum absolute atomic E-state index is 13.8. The van der Waals surface area contributed by atoms with Crippen LogP contribution in [0.2, 0.25) is 0 Å². The Balaban J connectivity index is 2.55. The summed E-state index contributed by atoms with van der Waals surface area (Å²) in [7, 11) is 0. The Bertz CT molecular complexity index is 356. The first-order valence-electron chi connectivity index (χ1n) is 7.14. The Morgan fingerprint density at radius 3 is 2.58 bits per heavy atom. The van der Waals surface area contributed by atoms with E-state index in [1.807, 2.05) is 12.1 Å². The monoisotopic (exact) mass is 378 g/mol. The fourth-order valence-corrected chi connectivity index (χ4v) is 2.83. The average Bonchev–Trinajstić information content (AvgIpc) is 2.44. The minimum absolute atomic E-state index is 0.127. The van der Waals surface area contributed by atoms with E-state index in [1.165, 1.54) is 25.3 Å². The molecule has 0 heterocycles. The van der Waals surface area contributed by atoms with Crippen LogP contribution in [0.15, 0.2) is 24.3 Å². The van der Waals surface area contributed by atoms with Crippen molar-refractivity contribution >= 4 is 22.6 Å². The zero-order valence-electron chi connectivity index (χ0n) is 11.9. The van der Waals surface area contributed by atoms with Gasteiger partial charge in [-0.1, -0.05) is 73.9 Å². The van der Waals surface area contributed by atoms with E-state index in [4.69, 9.17) is 4.74 Å². The molecule has 1 nitrogen and oxygen atoms in total. The van der Waals surface area contributed by atoms with Crippen LogP contribution in [-0.4, -0.2) is 11.0 Å². The lowest BCUT2D eigenvalue weighted by Gasteiger charge is -2.21. The topological polar surface area (TPSA) is 9.23 Å². The Hall–Kier alpha value is -0.160. The first-order valence-corrected chi connectivity index (χ1v) is 8.67. The van der Waals surface area contributed by atoms with Gasteiger partial charge >= 0.3 is 0 Å². The second-order valence-electron chi connectivity index (χ2n) is 4.91. The fourth-order valence-electron chi connectivity index (χ4n) is 2.10. The van der Waals surface area contributed by atoms with E-state index in [9.17, 15) is 4.39 Å². The van der Waals surface area contributed by atoms with Crippen molar-refractivity contribution in [1.82, 2.24) is 0 Å². The summed E-state index contributed by atoms with van der Waals surface area (Å²) in [6.45, 7) is 5.14. The molecule has 1 aromatic rings. The van der Waals surface area contributed by atoms with Crippen LogP contribution in [-0.2, 0) is 4.74 Å². The highest BCUT2D eigenvalue weighted by atomic mass is 127. The SMILES string of the molecule is CCCCC(CC)COC(CI)c1ccccc1F. The molecule has 0 saturated heterocycles. The molecule has 1 aromatic carbocycles. The largest absolute Gasteiger partial charge is 0.372 e. The molecule has 19 heavy (non-hydrogen) atoms. The summed E-state index contributed by atoms with van der Waals surface area (Å²) in [5, 5.41) is 0. The van der Waals surface area contributed by atoms with Crippen molar-refractivity contribution in [2.24, 2.45) is 5.92 Å². The lowest BCUT2D eigenvalue weighted by molar-refractivity contribution is 0.0383. The quantitative estimate of drug-likeness (QED) is 0.405. The summed E-state index contributed by atoms with van der Waals surface area (Å²) in [5.74, 6) is 0.433. The van der Waals surface area contributed by atoms with Crippen molar-refractivity contribution in [3.63, 3.8) is 0 Å². The van der Waals surface area contributed by atoms with Crippen molar-refractivity contribution in [3.05, 3.63) is 35.6 Å². The second-order valence-corrected chi connectivity index (χ2v) is 5.80. The predicted molar refractivity (Wildman–Crippen MR) is 87.3 cm³/mol. The molecule has 0 saturated carbocycles. The molecule has 3 heteroatoms. The Morgan fingerprint density at radius 2 is 2.00 bits per heavy atom. The number of hydrogen-bond donors (Lipinski definition) is 0. The van der Waals surface area contributed by atoms with Gasteiger partial charge < -0.3 is 4.74 Å². The maximum Gasteiger partial charge on any atom is 0.129 e. The molecule has 0 fully saturated rings. The molecular weight excluding hydrogens is 354 g/mol. The molecule has 0 N–H and O–H groups in total. The van der Waals surface area contributed by atoms with Crippen molar-refractivity contribution in [3.8, 4) is 0 Å². The van der Waals surface area contributed by atoms with Crippen LogP contribution in [0, 0.1) is 11.7 Å². The molecule has 0 aromatic heterocycles. The first-order chi connectivity index (χ1) is 9.22. The third-order valence-corrected chi connectivity index (χ3v) is 4.27.